The number of phenolic OH excluding ortho intramolecular Hbond substituents is 1. The number of hydrogen-bond acceptors (Lipinski definition) is 16. The fraction of sp³-hybridized carbons (Fsp3) is 0.202. The molecule has 0 spiro atoms. The van der Waals surface area contributed by atoms with Crippen LogP contribution in [-0.4, -0.2) is 98.2 Å². The molecule has 0 radical (unpaired) electrons. The number of ether oxygens (including phenoxy) is 6. The molecule has 570 valence electrons. The maximum absolute atomic E-state index is 12.4. The van der Waals surface area contributed by atoms with Crippen LogP contribution >= 0.6 is 50.7 Å². The largest absolute Gasteiger partial charge is 1.00 e. The Bertz CT molecular complexity index is 4600. The van der Waals surface area contributed by atoms with Crippen LogP contribution in [0, 0.1) is 0 Å². The van der Waals surface area contributed by atoms with Crippen molar-refractivity contribution in [2.45, 2.75) is 85.5 Å². The summed E-state index contributed by atoms with van der Waals surface area (Å²) in [5.41, 5.74) is 9.66. The SMILES string of the molecule is C.C.C.C.COC(=O)C(Br)c1ccccc1.COC(=O)C(Oc1ccc(Cl)cc1-c1ccn(Cc2ccccc2)n1)c1ccccc1.COC1CCCO1.O=C(O)C(Oc1ccc(Cl)cc1-c1ccn(Cc2ccccc2)n1)c1ccccc1.O=CO[O-].Oc1ccc(Cl)cc1-c1ccn(Cc2ccccc2)n1.[H-].[K+].[K+]. The number of hydrogen-bond donors (Lipinski definition) is 2. The number of nitrogens with zero attached hydrogens (tertiary/aromatic N) is 6. The van der Waals surface area contributed by atoms with Gasteiger partial charge in [0, 0.05) is 81.6 Å². The number of esters is 2. The van der Waals surface area contributed by atoms with E-state index >= 15 is 0 Å². The van der Waals surface area contributed by atoms with Crippen molar-refractivity contribution in [3.05, 3.63) is 322 Å². The van der Waals surface area contributed by atoms with E-state index in [1.54, 1.807) is 86.0 Å². The molecule has 4 atom stereocenters. The van der Waals surface area contributed by atoms with E-state index in [0.717, 1.165) is 36.1 Å². The van der Waals surface area contributed by atoms with E-state index in [4.69, 9.17) is 68.5 Å². The van der Waals surface area contributed by atoms with Crippen LogP contribution in [0.25, 0.3) is 33.8 Å². The molecule has 12 aromatic rings. The van der Waals surface area contributed by atoms with Crippen molar-refractivity contribution in [1.82, 2.24) is 29.3 Å². The van der Waals surface area contributed by atoms with Crippen LogP contribution in [0.5, 0.6) is 17.2 Å². The molecule has 1 saturated heterocycles. The summed E-state index contributed by atoms with van der Waals surface area (Å²) in [7, 11) is 4.39. The number of aromatic hydroxyl groups is 1. The third-order valence-corrected chi connectivity index (χ3v) is 16.8. The van der Waals surface area contributed by atoms with Crippen LogP contribution in [0.3, 0.4) is 0 Å². The molecule has 4 unspecified atom stereocenters. The molecule has 1 fully saturated rings. The molecule has 1 aliphatic rings. The van der Waals surface area contributed by atoms with Gasteiger partial charge in [-0.1, -0.05) is 262 Å². The Morgan fingerprint density at radius 2 is 0.855 bits per heavy atom. The Kier molecular flexibility index (Phi) is 47.8. The average molecular weight is 1670 g/mol. The molecule has 3 aromatic heterocycles. The molecule has 13 rings (SSSR count). The van der Waals surface area contributed by atoms with Crippen molar-refractivity contribution in [2.75, 3.05) is 27.9 Å². The Hall–Kier alpha value is -7.61. The number of carboxylic acid groups (broad SMARTS) is 1. The summed E-state index contributed by atoms with van der Waals surface area (Å²) >= 11 is 21.7. The Morgan fingerprint density at radius 1 is 0.518 bits per heavy atom. The number of alkyl halides is 1. The Balaban J connectivity index is 0.000000716. The number of halogens is 4. The van der Waals surface area contributed by atoms with Crippen LogP contribution in [0.15, 0.2) is 273 Å². The number of benzene rings is 9. The number of aliphatic carboxylic acids is 1. The van der Waals surface area contributed by atoms with Gasteiger partial charge in [0.1, 0.15) is 22.1 Å². The third-order valence-electron chi connectivity index (χ3n) is 15.2. The minimum Gasteiger partial charge on any atom is -1.00 e. The molecule has 0 saturated carbocycles. The van der Waals surface area contributed by atoms with E-state index in [9.17, 15) is 24.6 Å². The smallest absolute Gasteiger partial charge is 1.00 e. The fourth-order valence-corrected chi connectivity index (χ4v) is 11.1. The molecule has 1 aliphatic heterocycles. The first-order valence-electron chi connectivity index (χ1n) is 32.2. The number of phenols is 1. The van der Waals surface area contributed by atoms with E-state index in [1.165, 1.54) is 19.8 Å². The summed E-state index contributed by atoms with van der Waals surface area (Å²) in [5.74, 6) is -0.756. The first-order valence-corrected chi connectivity index (χ1v) is 34.3. The third kappa shape index (κ3) is 31.9. The first-order chi connectivity index (χ1) is 50.6. The van der Waals surface area contributed by atoms with Crippen LogP contribution in [0.4, 0.5) is 0 Å². The van der Waals surface area contributed by atoms with Crippen LogP contribution in [0.2, 0.25) is 15.1 Å². The summed E-state index contributed by atoms with van der Waals surface area (Å²) in [6, 6.07) is 78.6. The zero-order valence-corrected chi connectivity index (χ0v) is 68.7. The number of carboxylic acids is 1. The van der Waals surface area contributed by atoms with E-state index in [2.05, 4.69) is 65.1 Å². The average Bonchev–Trinajstić information content (AvgIpc) is 1.79. The second-order valence-electron chi connectivity index (χ2n) is 22.4. The normalized spacial score (nSPS) is 11.9. The van der Waals surface area contributed by atoms with E-state index in [0.29, 0.717) is 91.1 Å². The summed E-state index contributed by atoms with van der Waals surface area (Å²) in [4.78, 5) is 46.2. The van der Waals surface area contributed by atoms with Crippen molar-refractivity contribution in [2.24, 2.45) is 0 Å². The molecule has 0 aliphatic carbocycles. The second-order valence-corrected chi connectivity index (χ2v) is 24.7. The molecule has 0 bridgehead atoms. The number of carbonyl (C=O) groups is 4. The van der Waals surface area contributed by atoms with Gasteiger partial charge in [-0.25, -0.2) is 9.59 Å². The predicted molar refractivity (Wildman–Crippen MR) is 427 cm³/mol. The van der Waals surface area contributed by atoms with Crippen LogP contribution in [0.1, 0.15) is 94.4 Å². The van der Waals surface area contributed by atoms with Gasteiger partial charge in [-0.2, -0.15) is 15.3 Å². The van der Waals surface area contributed by atoms with Crippen molar-refractivity contribution >= 4 is 75.1 Å². The second kappa shape index (κ2) is 53.4. The molecular weight excluding hydrogens is 1580 g/mol. The number of aromatic nitrogens is 6. The molecule has 20 nitrogen and oxygen atoms in total. The van der Waals surface area contributed by atoms with Gasteiger partial charge >= 0.3 is 121 Å². The number of carbonyl (C=O) groups excluding carboxylic acids is 3. The van der Waals surface area contributed by atoms with Gasteiger partial charge < -0.3 is 50.2 Å². The summed E-state index contributed by atoms with van der Waals surface area (Å²) in [6.07, 6.45) is 5.94. The van der Waals surface area contributed by atoms with Gasteiger partial charge in [0.25, 0.3) is 6.47 Å². The van der Waals surface area contributed by atoms with Crippen molar-refractivity contribution in [1.29, 1.82) is 0 Å². The zero-order chi connectivity index (χ0) is 74.0. The van der Waals surface area contributed by atoms with Crippen LogP contribution in [-0.2, 0) is 62.6 Å². The van der Waals surface area contributed by atoms with Gasteiger partial charge in [0.15, 0.2) is 6.29 Å². The van der Waals surface area contributed by atoms with E-state index in [-0.39, 0.29) is 163 Å². The van der Waals surface area contributed by atoms with Gasteiger partial charge in [-0.15, -0.1) is 0 Å². The zero-order valence-electron chi connectivity index (χ0n) is 59.6. The van der Waals surface area contributed by atoms with Gasteiger partial charge in [-0.3, -0.25) is 23.6 Å². The standard InChI is InChI=1S/C25H21ClN2O3.C24H19ClN2O3.C16H13ClN2O.C9H9BrO2.C5H10O2.CH2O3.4CH4.2K.H/c1-30-25(29)24(19-10-6-3-7-11-19)31-23-13-12-20(26)16-21(23)22-14-15-28(27-22)17-18-8-4-2-5-9-18;25-19-11-12-22(30-23(24(28)29)18-9-5-2-6-10-18)20(15-19)21-13-14-27(26-21)16-17-7-3-1-4-8-17;17-13-6-7-16(20)14(10-13)15-8-9-19(18-15)11-12-4-2-1-3-5-12;1-12-9(11)8(10)7-5-3-2-4-6-7;1-6-5-3-2-4-7-5;2-1-4-3;;;;;;;/h2-16,24H,17H2,1H3;1-15,23H,16H2,(H,28,29);1-10,20H,11H2;2-6,8H,1H3;5H,2-4H2,1H3;1,3H;4*1H4;;;/q;;;;;;;;;;2*+1;-1/p-1. The van der Waals surface area contributed by atoms with Crippen molar-refractivity contribution in [3.63, 3.8) is 0 Å². The van der Waals surface area contributed by atoms with Gasteiger partial charge in [0.2, 0.25) is 12.2 Å². The molecule has 26 heteroatoms. The van der Waals surface area contributed by atoms with E-state index < -0.39 is 24.1 Å². The number of rotatable bonds is 21. The maximum atomic E-state index is 12.4. The molecule has 0 amide bonds. The van der Waals surface area contributed by atoms with Crippen molar-refractivity contribution in [3.8, 4) is 51.0 Å². The van der Waals surface area contributed by atoms with Gasteiger partial charge in [-0.05, 0) is 101 Å². The minimum atomic E-state index is -1.14. The topological polar surface area (TPSA) is 250 Å². The van der Waals surface area contributed by atoms with E-state index in [1.807, 2.05) is 184 Å². The molecular formula is C84H90BrCl3K2N6O14. The summed E-state index contributed by atoms with van der Waals surface area (Å²) < 4.78 is 37.1. The quantitative estimate of drug-likeness (QED) is 0.0169. The Morgan fingerprint density at radius 3 is 1.19 bits per heavy atom. The summed E-state index contributed by atoms with van der Waals surface area (Å²) in [6.45, 7) is 2.66. The maximum Gasteiger partial charge on any atom is 1.00 e. The molecule has 110 heavy (non-hydrogen) atoms. The van der Waals surface area contributed by atoms with Gasteiger partial charge in [0.05, 0.1) is 50.9 Å². The molecule has 9 aromatic carbocycles. The molecule has 2 N–H and O–H groups in total. The Labute approximate surface area is 753 Å². The minimum absolute atomic E-state index is 0. The predicted octanol–water partition coefficient (Wildman–Crippen LogP) is 13.1. The van der Waals surface area contributed by atoms with Crippen LogP contribution < -0.4 is 118 Å². The first kappa shape index (κ1) is 98.5. The number of methoxy groups -OCH3 is 3. The van der Waals surface area contributed by atoms with Crippen molar-refractivity contribution < 1.29 is 172 Å². The monoisotopic (exact) mass is 1670 g/mol. The molecule has 4 heterocycles. The summed E-state index contributed by atoms with van der Waals surface area (Å²) in [5, 5.41) is 43.4. The fourth-order valence-electron chi connectivity index (χ4n) is 10.1.